The zero-order chi connectivity index (χ0) is 23.5. The summed E-state index contributed by atoms with van der Waals surface area (Å²) < 4.78 is 7.34. The van der Waals surface area contributed by atoms with Crippen molar-refractivity contribution in [3.8, 4) is 0 Å². The average Bonchev–Trinajstić information content (AvgIpc) is 3.22. The number of ether oxygens (including phenoxy) is 1. The fourth-order valence-corrected chi connectivity index (χ4v) is 4.60. The number of aryl methyl sites for hydroxylation is 3. The molecule has 0 saturated carbocycles. The number of aromatic nitrogens is 4. The molecule has 4 aromatic rings. The predicted molar refractivity (Wildman–Crippen MR) is 130 cm³/mol. The highest BCUT2D eigenvalue weighted by Crippen LogP contribution is 2.26. The predicted octanol–water partition coefficient (Wildman–Crippen LogP) is 4.11. The number of esters is 1. The highest BCUT2D eigenvalue weighted by Gasteiger charge is 2.29. The van der Waals surface area contributed by atoms with Crippen LogP contribution in [0.2, 0.25) is 0 Å². The Morgan fingerprint density at radius 3 is 2.53 bits per heavy atom. The van der Waals surface area contributed by atoms with Crippen molar-refractivity contribution in [2.75, 3.05) is 13.2 Å². The van der Waals surface area contributed by atoms with Crippen LogP contribution in [0.3, 0.4) is 0 Å². The van der Waals surface area contributed by atoms with E-state index in [2.05, 4.69) is 17.0 Å². The normalized spacial score (nSPS) is 13.7. The number of rotatable bonds is 7. The molecule has 2 aromatic heterocycles. The monoisotopic (exact) mass is 455 g/mol. The molecule has 0 bridgehead atoms. The summed E-state index contributed by atoms with van der Waals surface area (Å²) in [5.74, 6) is -0.347. The maximum Gasteiger partial charge on any atom is 0.359 e. The molecule has 0 N–H and O–H groups in total. The van der Waals surface area contributed by atoms with Gasteiger partial charge >= 0.3 is 5.97 Å². The Balaban J connectivity index is 1.39. The first-order chi connectivity index (χ1) is 16.6. The Bertz CT molecular complexity index is 1320. The highest BCUT2D eigenvalue weighted by molar-refractivity contribution is 5.89. The van der Waals surface area contributed by atoms with Gasteiger partial charge in [-0.25, -0.2) is 14.8 Å². The van der Waals surface area contributed by atoms with Crippen molar-refractivity contribution in [1.82, 2.24) is 24.6 Å². The van der Waals surface area contributed by atoms with Gasteiger partial charge in [-0.2, -0.15) is 5.10 Å². The van der Waals surface area contributed by atoms with Crippen molar-refractivity contribution < 1.29 is 9.53 Å². The van der Waals surface area contributed by atoms with Gasteiger partial charge in [-0.05, 0) is 38.0 Å². The van der Waals surface area contributed by atoms with Gasteiger partial charge in [-0.3, -0.25) is 9.58 Å². The van der Waals surface area contributed by atoms with Crippen LogP contribution in [0.15, 0.2) is 54.6 Å². The molecular formula is C27H29N5O2. The topological polar surface area (TPSA) is 73.1 Å². The molecule has 0 saturated heterocycles. The molecule has 0 spiro atoms. The van der Waals surface area contributed by atoms with Crippen LogP contribution in [0, 0.1) is 6.92 Å². The first kappa shape index (κ1) is 22.2. The number of carbonyl (C=O) groups is 1. The molecule has 0 radical (unpaired) electrons. The molecule has 0 atom stereocenters. The van der Waals surface area contributed by atoms with Gasteiger partial charge in [0.15, 0.2) is 5.69 Å². The second kappa shape index (κ2) is 9.73. The van der Waals surface area contributed by atoms with Gasteiger partial charge in [0.2, 0.25) is 0 Å². The number of benzene rings is 2. The van der Waals surface area contributed by atoms with Crippen molar-refractivity contribution in [2.45, 2.75) is 46.3 Å². The lowest BCUT2D eigenvalue weighted by Crippen LogP contribution is -2.32. The van der Waals surface area contributed by atoms with Gasteiger partial charge in [0.1, 0.15) is 0 Å². The molecule has 3 heterocycles. The number of hydrogen-bond donors (Lipinski definition) is 0. The van der Waals surface area contributed by atoms with Crippen molar-refractivity contribution in [1.29, 1.82) is 0 Å². The van der Waals surface area contributed by atoms with Gasteiger partial charge in [0, 0.05) is 43.9 Å². The van der Waals surface area contributed by atoms with E-state index in [1.54, 1.807) is 0 Å². The summed E-state index contributed by atoms with van der Waals surface area (Å²) in [6, 6.07) is 18.3. The molecular weight excluding hydrogens is 426 g/mol. The standard InChI is InChI=1S/C27H29N5O2/c1-3-34-27(33)26-21-17-31(18-24-19(2)28-22-11-7-8-12-23(22)29-24)15-14-25(21)32(30-26)16-13-20-9-5-4-6-10-20/h4-12H,3,13-18H2,1-2H3. The van der Waals surface area contributed by atoms with Crippen LogP contribution in [0.4, 0.5) is 0 Å². The summed E-state index contributed by atoms with van der Waals surface area (Å²) >= 11 is 0. The van der Waals surface area contributed by atoms with Crippen LogP contribution >= 0.6 is 0 Å². The molecule has 0 fully saturated rings. The fraction of sp³-hybridized carbons (Fsp3) is 0.333. The zero-order valence-corrected chi connectivity index (χ0v) is 19.7. The Morgan fingerprint density at radius 2 is 1.76 bits per heavy atom. The summed E-state index contributed by atoms with van der Waals surface area (Å²) in [6.45, 7) is 7.10. The minimum atomic E-state index is -0.347. The van der Waals surface area contributed by atoms with Crippen molar-refractivity contribution in [2.24, 2.45) is 0 Å². The third kappa shape index (κ3) is 4.56. The first-order valence-corrected chi connectivity index (χ1v) is 11.9. The van der Waals surface area contributed by atoms with E-state index in [4.69, 9.17) is 19.8 Å². The Kier molecular flexibility index (Phi) is 6.36. The maximum atomic E-state index is 12.7. The van der Waals surface area contributed by atoms with E-state index >= 15 is 0 Å². The van der Waals surface area contributed by atoms with Crippen LogP contribution in [-0.4, -0.2) is 43.8 Å². The summed E-state index contributed by atoms with van der Waals surface area (Å²) in [5, 5.41) is 4.71. The largest absolute Gasteiger partial charge is 0.461 e. The van der Waals surface area contributed by atoms with Gasteiger partial charge in [0.25, 0.3) is 0 Å². The lowest BCUT2D eigenvalue weighted by molar-refractivity contribution is 0.0515. The third-order valence-corrected chi connectivity index (χ3v) is 6.35. The molecule has 2 aromatic carbocycles. The van der Waals surface area contributed by atoms with Crippen LogP contribution < -0.4 is 0 Å². The Morgan fingerprint density at radius 1 is 1.03 bits per heavy atom. The molecule has 1 aliphatic heterocycles. The molecule has 0 aliphatic carbocycles. The molecule has 34 heavy (non-hydrogen) atoms. The smallest absolute Gasteiger partial charge is 0.359 e. The number of carbonyl (C=O) groups excluding carboxylic acids is 1. The van der Waals surface area contributed by atoms with Gasteiger partial charge in [-0.15, -0.1) is 0 Å². The van der Waals surface area contributed by atoms with E-state index in [-0.39, 0.29) is 5.97 Å². The second-order valence-corrected chi connectivity index (χ2v) is 8.66. The van der Waals surface area contributed by atoms with Gasteiger partial charge in [-0.1, -0.05) is 42.5 Å². The molecule has 0 amide bonds. The number of nitrogens with zero attached hydrogens (tertiary/aromatic N) is 5. The molecule has 5 rings (SSSR count). The maximum absolute atomic E-state index is 12.7. The molecule has 174 valence electrons. The van der Waals surface area contributed by atoms with Crippen molar-refractivity contribution >= 4 is 17.0 Å². The molecule has 1 aliphatic rings. The highest BCUT2D eigenvalue weighted by atomic mass is 16.5. The van der Waals surface area contributed by atoms with Crippen LogP contribution in [0.1, 0.15) is 45.6 Å². The SMILES string of the molecule is CCOC(=O)c1nn(CCc2ccccc2)c2c1CN(Cc1nc3ccccc3nc1C)CC2. The minimum Gasteiger partial charge on any atom is -0.461 e. The number of hydrogen-bond acceptors (Lipinski definition) is 6. The summed E-state index contributed by atoms with van der Waals surface area (Å²) in [6.07, 6.45) is 1.70. The van der Waals surface area contributed by atoms with Crippen LogP contribution in [0.5, 0.6) is 0 Å². The van der Waals surface area contributed by atoms with Crippen LogP contribution in [-0.2, 0) is 37.2 Å². The number of fused-ring (bicyclic) bond motifs is 2. The van der Waals surface area contributed by atoms with Crippen molar-refractivity contribution in [3.63, 3.8) is 0 Å². The van der Waals surface area contributed by atoms with E-state index in [0.717, 1.165) is 59.6 Å². The van der Waals surface area contributed by atoms with Gasteiger partial charge in [0.05, 0.1) is 29.0 Å². The Hall–Kier alpha value is -3.58. The second-order valence-electron chi connectivity index (χ2n) is 8.66. The third-order valence-electron chi connectivity index (χ3n) is 6.35. The zero-order valence-electron chi connectivity index (χ0n) is 19.7. The van der Waals surface area contributed by atoms with Crippen molar-refractivity contribution in [3.05, 3.63) is 88.5 Å². The minimum absolute atomic E-state index is 0.333. The quantitative estimate of drug-likeness (QED) is 0.391. The summed E-state index contributed by atoms with van der Waals surface area (Å²) in [5.41, 5.74) is 7.53. The van der Waals surface area contributed by atoms with E-state index < -0.39 is 0 Å². The summed E-state index contributed by atoms with van der Waals surface area (Å²) in [7, 11) is 0. The van der Waals surface area contributed by atoms with Gasteiger partial charge < -0.3 is 4.74 Å². The van der Waals surface area contributed by atoms with E-state index in [0.29, 0.717) is 25.4 Å². The lowest BCUT2D eigenvalue weighted by Gasteiger charge is -2.27. The molecule has 0 unspecified atom stereocenters. The van der Waals surface area contributed by atoms with E-state index in [1.165, 1.54) is 5.56 Å². The fourth-order valence-electron chi connectivity index (χ4n) is 4.60. The average molecular weight is 456 g/mol. The van der Waals surface area contributed by atoms with Crippen LogP contribution in [0.25, 0.3) is 11.0 Å². The molecule has 7 heteroatoms. The summed E-state index contributed by atoms with van der Waals surface area (Å²) in [4.78, 5) is 24.6. The first-order valence-electron chi connectivity index (χ1n) is 11.9. The Labute approximate surface area is 199 Å². The van der Waals surface area contributed by atoms with E-state index in [9.17, 15) is 4.79 Å². The number of para-hydroxylation sites is 2. The lowest BCUT2D eigenvalue weighted by atomic mass is 10.0. The van der Waals surface area contributed by atoms with E-state index in [1.807, 2.05) is 61.0 Å². The molecule has 7 nitrogen and oxygen atoms in total.